The summed E-state index contributed by atoms with van der Waals surface area (Å²) >= 11 is 0. The number of nitrogens with two attached hydrogens (primary N) is 1. The van der Waals surface area contributed by atoms with E-state index in [4.69, 9.17) is 5.73 Å². The van der Waals surface area contributed by atoms with Crippen molar-refractivity contribution in [2.75, 3.05) is 13.1 Å². The van der Waals surface area contributed by atoms with Gasteiger partial charge in [-0.2, -0.15) is 0 Å². The van der Waals surface area contributed by atoms with Gasteiger partial charge in [-0.25, -0.2) is 4.39 Å². The molecule has 0 aromatic heterocycles. The molecule has 1 aliphatic heterocycles. The van der Waals surface area contributed by atoms with Gasteiger partial charge in [-0.05, 0) is 31.4 Å². The summed E-state index contributed by atoms with van der Waals surface area (Å²) in [5, 5.41) is 0. The van der Waals surface area contributed by atoms with Crippen LogP contribution in [0.4, 0.5) is 4.39 Å². The number of likely N-dealkylation sites (tertiary alicyclic amines) is 1. The van der Waals surface area contributed by atoms with Crippen LogP contribution in [0.1, 0.15) is 29.3 Å². The highest BCUT2D eigenvalue weighted by Gasteiger charge is 2.28. The van der Waals surface area contributed by atoms with Crippen molar-refractivity contribution >= 4 is 5.91 Å². The number of nitrogens with zero attached hydrogens (tertiary/aromatic N) is 1. The first kappa shape index (κ1) is 13.0. The highest BCUT2D eigenvalue weighted by atomic mass is 19.1. The molecule has 18 heavy (non-hydrogen) atoms. The Hall–Kier alpha value is -1.42. The molecule has 3 nitrogen and oxygen atoms in total. The topological polar surface area (TPSA) is 46.3 Å². The second-order valence-corrected chi connectivity index (χ2v) is 5.16. The van der Waals surface area contributed by atoms with Gasteiger partial charge in [0, 0.05) is 19.1 Å². The average Bonchev–Trinajstić information content (AvgIpc) is 2.35. The minimum absolute atomic E-state index is 0.0180. The minimum Gasteiger partial charge on any atom is -0.337 e. The standard InChI is InChI=1S/C14H19FN2O/c1-9-3-4-12(15)11(7-9)14(18)17-6-5-10(2)13(16)8-17/h3-4,7,10,13H,5-6,8,16H2,1-2H3. The summed E-state index contributed by atoms with van der Waals surface area (Å²) in [6, 6.07) is 4.59. The number of aryl methyl sites for hydroxylation is 1. The Morgan fingerprint density at radius 1 is 1.50 bits per heavy atom. The third-order valence-electron chi connectivity index (χ3n) is 3.66. The van der Waals surface area contributed by atoms with Crippen molar-refractivity contribution in [2.24, 2.45) is 11.7 Å². The number of hydrogen-bond acceptors (Lipinski definition) is 2. The number of carbonyl (C=O) groups is 1. The normalized spacial score (nSPS) is 24.1. The van der Waals surface area contributed by atoms with E-state index in [1.54, 1.807) is 17.0 Å². The fraction of sp³-hybridized carbons (Fsp3) is 0.500. The maximum absolute atomic E-state index is 13.7. The Labute approximate surface area is 107 Å². The van der Waals surface area contributed by atoms with Crippen molar-refractivity contribution < 1.29 is 9.18 Å². The van der Waals surface area contributed by atoms with Crippen molar-refractivity contribution in [2.45, 2.75) is 26.3 Å². The lowest BCUT2D eigenvalue weighted by Crippen LogP contribution is -2.49. The van der Waals surface area contributed by atoms with Crippen molar-refractivity contribution in [3.8, 4) is 0 Å². The predicted molar refractivity (Wildman–Crippen MR) is 68.8 cm³/mol. The Kier molecular flexibility index (Phi) is 3.66. The molecule has 4 heteroatoms. The van der Waals surface area contributed by atoms with Gasteiger partial charge in [-0.1, -0.05) is 18.6 Å². The number of piperidine rings is 1. The van der Waals surface area contributed by atoms with Crippen molar-refractivity contribution in [1.82, 2.24) is 4.90 Å². The molecular weight excluding hydrogens is 231 g/mol. The molecule has 1 amide bonds. The summed E-state index contributed by atoms with van der Waals surface area (Å²) in [6.07, 6.45) is 0.875. The largest absolute Gasteiger partial charge is 0.337 e. The smallest absolute Gasteiger partial charge is 0.256 e. The number of benzene rings is 1. The van der Waals surface area contributed by atoms with Gasteiger partial charge < -0.3 is 10.6 Å². The first-order chi connectivity index (χ1) is 8.49. The van der Waals surface area contributed by atoms with Crippen LogP contribution in [0.2, 0.25) is 0 Å². The first-order valence-corrected chi connectivity index (χ1v) is 6.30. The lowest BCUT2D eigenvalue weighted by atomic mass is 9.94. The lowest BCUT2D eigenvalue weighted by molar-refractivity contribution is 0.0667. The number of halogens is 1. The quantitative estimate of drug-likeness (QED) is 0.828. The predicted octanol–water partition coefficient (Wildman–Crippen LogP) is 1.94. The molecule has 1 saturated heterocycles. The maximum Gasteiger partial charge on any atom is 0.256 e. The molecule has 0 radical (unpaired) electrons. The molecular formula is C14H19FN2O. The first-order valence-electron chi connectivity index (χ1n) is 6.30. The van der Waals surface area contributed by atoms with E-state index in [-0.39, 0.29) is 17.5 Å². The van der Waals surface area contributed by atoms with Crippen molar-refractivity contribution in [1.29, 1.82) is 0 Å². The fourth-order valence-electron chi connectivity index (χ4n) is 2.26. The SMILES string of the molecule is Cc1ccc(F)c(C(=O)N2CCC(C)C(N)C2)c1. The number of amides is 1. The van der Waals surface area contributed by atoms with Crippen molar-refractivity contribution in [3.63, 3.8) is 0 Å². The summed E-state index contributed by atoms with van der Waals surface area (Å²) in [5.41, 5.74) is 7.00. The molecule has 2 rings (SSSR count). The molecule has 2 N–H and O–H groups in total. The summed E-state index contributed by atoms with van der Waals surface area (Å²) in [4.78, 5) is 13.9. The van der Waals surface area contributed by atoms with Crippen molar-refractivity contribution in [3.05, 3.63) is 35.1 Å². The van der Waals surface area contributed by atoms with E-state index in [1.165, 1.54) is 6.07 Å². The molecule has 1 heterocycles. The minimum atomic E-state index is -0.460. The van der Waals surface area contributed by atoms with Gasteiger partial charge in [-0.15, -0.1) is 0 Å². The van der Waals surface area contributed by atoms with Crippen LogP contribution in [0.5, 0.6) is 0 Å². The summed E-state index contributed by atoms with van der Waals surface area (Å²) in [7, 11) is 0. The van der Waals surface area contributed by atoms with Gasteiger partial charge >= 0.3 is 0 Å². The van der Waals surface area contributed by atoms with E-state index in [9.17, 15) is 9.18 Å². The highest BCUT2D eigenvalue weighted by molar-refractivity contribution is 5.94. The summed E-state index contributed by atoms with van der Waals surface area (Å²) in [6.45, 7) is 5.09. The van der Waals surface area contributed by atoms with Crippen LogP contribution in [0, 0.1) is 18.7 Å². The molecule has 2 unspecified atom stereocenters. The van der Waals surface area contributed by atoms with E-state index < -0.39 is 5.82 Å². The van der Waals surface area contributed by atoms with Crippen LogP contribution in [-0.2, 0) is 0 Å². The van der Waals surface area contributed by atoms with Gasteiger partial charge in [0.05, 0.1) is 5.56 Å². The van der Waals surface area contributed by atoms with Gasteiger partial charge in [0.25, 0.3) is 5.91 Å². The average molecular weight is 250 g/mol. The third kappa shape index (κ3) is 2.53. The molecule has 1 aromatic rings. The molecule has 0 aliphatic carbocycles. The maximum atomic E-state index is 13.7. The van der Waals surface area contributed by atoms with Crippen LogP contribution < -0.4 is 5.73 Å². The van der Waals surface area contributed by atoms with E-state index in [0.717, 1.165) is 12.0 Å². The van der Waals surface area contributed by atoms with Crippen LogP contribution in [0.15, 0.2) is 18.2 Å². The second-order valence-electron chi connectivity index (χ2n) is 5.16. The number of rotatable bonds is 1. The highest BCUT2D eigenvalue weighted by Crippen LogP contribution is 2.19. The van der Waals surface area contributed by atoms with Crippen LogP contribution >= 0.6 is 0 Å². The molecule has 1 aliphatic rings. The number of hydrogen-bond donors (Lipinski definition) is 1. The zero-order valence-corrected chi connectivity index (χ0v) is 10.8. The van der Waals surface area contributed by atoms with Gasteiger partial charge in [-0.3, -0.25) is 4.79 Å². The molecule has 2 atom stereocenters. The monoisotopic (exact) mass is 250 g/mol. The molecule has 98 valence electrons. The molecule has 0 spiro atoms. The second kappa shape index (κ2) is 5.06. The molecule has 0 saturated carbocycles. The summed E-state index contributed by atoms with van der Waals surface area (Å²) < 4.78 is 13.7. The molecule has 1 aromatic carbocycles. The Bertz CT molecular complexity index is 461. The Morgan fingerprint density at radius 2 is 2.22 bits per heavy atom. The van der Waals surface area contributed by atoms with Crippen LogP contribution in [0.25, 0.3) is 0 Å². The summed E-state index contributed by atoms with van der Waals surface area (Å²) in [5.74, 6) is -0.298. The number of carbonyl (C=O) groups excluding carboxylic acids is 1. The van der Waals surface area contributed by atoms with E-state index >= 15 is 0 Å². The van der Waals surface area contributed by atoms with E-state index in [1.807, 2.05) is 6.92 Å². The molecule has 1 fully saturated rings. The lowest BCUT2D eigenvalue weighted by Gasteiger charge is -2.35. The van der Waals surface area contributed by atoms with E-state index in [0.29, 0.717) is 19.0 Å². The zero-order valence-electron chi connectivity index (χ0n) is 10.8. The van der Waals surface area contributed by atoms with E-state index in [2.05, 4.69) is 6.92 Å². The van der Waals surface area contributed by atoms with Crippen LogP contribution in [0.3, 0.4) is 0 Å². The third-order valence-corrected chi connectivity index (χ3v) is 3.66. The fourth-order valence-corrected chi connectivity index (χ4v) is 2.26. The van der Waals surface area contributed by atoms with Gasteiger partial charge in [0.1, 0.15) is 5.82 Å². The van der Waals surface area contributed by atoms with Gasteiger partial charge in [0.2, 0.25) is 0 Å². The molecule has 0 bridgehead atoms. The van der Waals surface area contributed by atoms with Crippen LogP contribution in [-0.4, -0.2) is 29.9 Å². The van der Waals surface area contributed by atoms with Gasteiger partial charge in [0.15, 0.2) is 0 Å². The Morgan fingerprint density at radius 3 is 2.89 bits per heavy atom. The zero-order chi connectivity index (χ0) is 13.3. The Balaban J connectivity index is 2.19.